The summed E-state index contributed by atoms with van der Waals surface area (Å²) in [6.07, 6.45) is 0. The van der Waals surface area contributed by atoms with Crippen LogP contribution >= 0.6 is 11.8 Å². The monoisotopic (exact) mass is 280 g/mol. The third-order valence-electron chi connectivity index (χ3n) is 3.22. The molecule has 1 aromatic rings. The van der Waals surface area contributed by atoms with Crippen molar-refractivity contribution in [2.75, 3.05) is 48.7 Å². The number of hydrogen-bond donors (Lipinski definition) is 3. The fourth-order valence-electron chi connectivity index (χ4n) is 2.11. The lowest BCUT2D eigenvalue weighted by atomic mass is 10.1. The van der Waals surface area contributed by atoms with E-state index in [1.54, 1.807) is 12.1 Å². The number of carbonyl (C=O) groups excluding carboxylic acids is 1. The Morgan fingerprint density at radius 3 is 2.79 bits per heavy atom. The molecule has 1 amide bonds. The number of primary amides is 1. The van der Waals surface area contributed by atoms with Crippen LogP contribution in [0.2, 0.25) is 0 Å². The maximum absolute atomic E-state index is 11.2. The summed E-state index contributed by atoms with van der Waals surface area (Å²) in [6, 6.07) is 5.30. The molecule has 1 heterocycles. The van der Waals surface area contributed by atoms with Crippen molar-refractivity contribution in [3.8, 4) is 0 Å². The van der Waals surface area contributed by atoms with Gasteiger partial charge in [0.05, 0.1) is 16.9 Å². The molecule has 0 bridgehead atoms. The maximum Gasteiger partial charge on any atom is 0.250 e. The average Bonchev–Trinajstić information content (AvgIpc) is 2.41. The van der Waals surface area contributed by atoms with Gasteiger partial charge in [-0.15, -0.1) is 0 Å². The van der Waals surface area contributed by atoms with Crippen LogP contribution in [0.3, 0.4) is 0 Å². The number of nitrogen functional groups attached to an aromatic ring is 1. The second-order valence-corrected chi connectivity index (χ2v) is 5.74. The van der Waals surface area contributed by atoms with Gasteiger partial charge in [-0.25, -0.2) is 0 Å². The lowest BCUT2D eigenvalue weighted by Crippen LogP contribution is -2.36. The van der Waals surface area contributed by atoms with Gasteiger partial charge in [0.1, 0.15) is 0 Å². The van der Waals surface area contributed by atoms with Crippen LogP contribution in [-0.2, 0) is 0 Å². The lowest BCUT2D eigenvalue weighted by Gasteiger charge is -2.26. The normalized spacial score (nSPS) is 16.2. The Bertz CT molecular complexity index is 446. The standard InChI is InChI=1S/C13H20N4OS/c14-12-10(13(15)18)2-1-3-11(12)16-4-5-17-6-8-19-9-7-17/h1-3,16H,4-9,14H2,(H2,15,18). The number of thioether (sulfide) groups is 1. The molecule has 0 atom stereocenters. The number of rotatable bonds is 5. The molecule has 19 heavy (non-hydrogen) atoms. The van der Waals surface area contributed by atoms with Gasteiger partial charge in [-0.3, -0.25) is 9.69 Å². The zero-order valence-electron chi connectivity index (χ0n) is 10.9. The van der Waals surface area contributed by atoms with Gasteiger partial charge in [0.25, 0.3) is 5.91 Å². The van der Waals surface area contributed by atoms with Crippen molar-refractivity contribution >= 4 is 29.0 Å². The predicted molar refractivity (Wildman–Crippen MR) is 81.6 cm³/mol. The number of benzene rings is 1. The minimum Gasteiger partial charge on any atom is -0.396 e. The van der Waals surface area contributed by atoms with E-state index in [1.165, 1.54) is 11.5 Å². The summed E-state index contributed by atoms with van der Waals surface area (Å²) in [4.78, 5) is 13.6. The van der Waals surface area contributed by atoms with Gasteiger partial charge < -0.3 is 16.8 Å². The summed E-state index contributed by atoms with van der Waals surface area (Å²) in [5.74, 6) is 1.92. The summed E-state index contributed by atoms with van der Waals surface area (Å²) in [5, 5.41) is 3.27. The van der Waals surface area contributed by atoms with E-state index in [0.717, 1.165) is 31.9 Å². The molecular weight excluding hydrogens is 260 g/mol. The Labute approximate surface area is 117 Å². The Kier molecular flexibility index (Phi) is 4.93. The van der Waals surface area contributed by atoms with E-state index < -0.39 is 5.91 Å². The molecule has 2 rings (SSSR count). The number of nitrogens with one attached hydrogen (secondary N) is 1. The molecule has 1 fully saturated rings. The molecule has 0 radical (unpaired) electrons. The molecule has 0 spiro atoms. The minimum absolute atomic E-state index is 0.374. The number of nitrogens with zero attached hydrogens (tertiary/aromatic N) is 1. The van der Waals surface area contributed by atoms with E-state index in [2.05, 4.69) is 10.2 Å². The van der Waals surface area contributed by atoms with Crippen LogP contribution in [0.1, 0.15) is 10.4 Å². The number of hydrogen-bond acceptors (Lipinski definition) is 5. The third kappa shape index (κ3) is 3.78. The van der Waals surface area contributed by atoms with Gasteiger partial charge >= 0.3 is 0 Å². The molecule has 5 nitrogen and oxygen atoms in total. The SMILES string of the molecule is NC(=O)c1cccc(NCCN2CCSCC2)c1N. The Morgan fingerprint density at radius 2 is 2.11 bits per heavy atom. The van der Waals surface area contributed by atoms with Gasteiger partial charge in [-0.05, 0) is 12.1 Å². The average molecular weight is 280 g/mol. The van der Waals surface area contributed by atoms with Crippen LogP contribution in [0.4, 0.5) is 11.4 Å². The second kappa shape index (κ2) is 6.68. The lowest BCUT2D eigenvalue weighted by molar-refractivity contribution is 0.100. The first-order valence-corrected chi connectivity index (χ1v) is 7.56. The molecular formula is C13H20N4OS. The fraction of sp³-hybridized carbons (Fsp3) is 0.462. The van der Waals surface area contributed by atoms with Gasteiger partial charge in [0, 0.05) is 37.7 Å². The fourth-order valence-corrected chi connectivity index (χ4v) is 3.09. The highest BCUT2D eigenvalue weighted by molar-refractivity contribution is 7.99. The van der Waals surface area contributed by atoms with Crippen LogP contribution in [-0.4, -0.2) is 48.5 Å². The summed E-state index contributed by atoms with van der Waals surface area (Å²) in [6.45, 7) is 4.09. The second-order valence-electron chi connectivity index (χ2n) is 4.51. The van der Waals surface area contributed by atoms with Crippen molar-refractivity contribution < 1.29 is 4.79 Å². The quantitative estimate of drug-likeness (QED) is 0.696. The first kappa shape index (κ1) is 14.0. The molecule has 1 aliphatic rings. The molecule has 0 aliphatic carbocycles. The molecule has 1 aliphatic heterocycles. The third-order valence-corrected chi connectivity index (χ3v) is 4.16. The highest BCUT2D eigenvalue weighted by Gasteiger charge is 2.11. The van der Waals surface area contributed by atoms with Gasteiger partial charge in [0.2, 0.25) is 0 Å². The van der Waals surface area contributed by atoms with E-state index in [0.29, 0.717) is 11.3 Å². The van der Waals surface area contributed by atoms with Crippen molar-refractivity contribution in [3.05, 3.63) is 23.8 Å². The summed E-state index contributed by atoms with van der Waals surface area (Å²) < 4.78 is 0. The number of para-hydroxylation sites is 1. The Hall–Kier alpha value is -1.40. The molecule has 1 aromatic carbocycles. The summed E-state index contributed by atoms with van der Waals surface area (Å²) in [5.41, 5.74) is 12.8. The zero-order chi connectivity index (χ0) is 13.7. The van der Waals surface area contributed by atoms with E-state index in [4.69, 9.17) is 11.5 Å². The number of nitrogens with two attached hydrogens (primary N) is 2. The summed E-state index contributed by atoms with van der Waals surface area (Å²) >= 11 is 2.00. The van der Waals surface area contributed by atoms with Crippen LogP contribution in [0.5, 0.6) is 0 Å². The van der Waals surface area contributed by atoms with Crippen molar-refractivity contribution in [2.24, 2.45) is 5.73 Å². The van der Waals surface area contributed by atoms with E-state index in [-0.39, 0.29) is 0 Å². The van der Waals surface area contributed by atoms with Crippen molar-refractivity contribution in [3.63, 3.8) is 0 Å². The number of amides is 1. The highest BCUT2D eigenvalue weighted by Crippen LogP contribution is 2.22. The predicted octanol–water partition coefficient (Wildman–Crippen LogP) is 0.828. The van der Waals surface area contributed by atoms with Gasteiger partial charge in [-0.1, -0.05) is 6.07 Å². The smallest absolute Gasteiger partial charge is 0.250 e. The zero-order valence-corrected chi connectivity index (χ0v) is 11.7. The van der Waals surface area contributed by atoms with E-state index in [9.17, 15) is 4.79 Å². The molecule has 1 saturated heterocycles. The first-order valence-electron chi connectivity index (χ1n) is 6.41. The van der Waals surface area contributed by atoms with Crippen molar-refractivity contribution in [2.45, 2.75) is 0 Å². The molecule has 0 saturated carbocycles. The van der Waals surface area contributed by atoms with E-state index in [1.807, 2.05) is 17.8 Å². The van der Waals surface area contributed by atoms with Gasteiger partial charge in [0.15, 0.2) is 0 Å². The molecule has 0 unspecified atom stereocenters. The minimum atomic E-state index is -0.491. The Balaban J connectivity index is 1.88. The van der Waals surface area contributed by atoms with Crippen LogP contribution < -0.4 is 16.8 Å². The van der Waals surface area contributed by atoms with Crippen LogP contribution in [0, 0.1) is 0 Å². The van der Waals surface area contributed by atoms with E-state index >= 15 is 0 Å². The number of carbonyl (C=O) groups is 1. The largest absolute Gasteiger partial charge is 0.396 e. The first-order chi connectivity index (χ1) is 9.18. The molecule has 104 valence electrons. The molecule has 6 heteroatoms. The van der Waals surface area contributed by atoms with Gasteiger partial charge in [-0.2, -0.15) is 11.8 Å². The van der Waals surface area contributed by atoms with Crippen LogP contribution in [0.25, 0.3) is 0 Å². The molecule has 5 N–H and O–H groups in total. The topological polar surface area (TPSA) is 84.4 Å². The Morgan fingerprint density at radius 1 is 1.37 bits per heavy atom. The van der Waals surface area contributed by atoms with Crippen molar-refractivity contribution in [1.82, 2.24) is 4.90 Å². The highest BCUT2D eigenvalue weighted by atomic mass is 32.2. The maximum atomic E-state index is 11.2. The summed E-state index contributed by atoms with van der Waals surface area (Å²) in [7, 11) is 0. The number of anilines is 2. The van der Waals surface area contributed by atoms with Crippen LogP contribution in [0.15, 0.2) is 18.2 Å². The molecule has 0 aromatic heterocycles. The van der Waals surface area contributed by atoms with Crippen molar-refractivity contribution in [1.29, 1.82) is 0 Å².